The minimum Gasteiger partial charge on any atom is -0.465 e. The zero-order chi connectivity index (χ0) is 11.1. The molecule has 0 radical (unpaired) electrons. The van der Waals surface area contributed by atoms with Crippen LogP contribution in [-0.2, 0) is 10.5 Å². The van der Waals surface area contributed by atoms with Gasteiger partial charge >= 0.3 is 5.97 Å². The number of rotatable bonds is 5. The van der Waals surface area contributed by atoms with Gasteiger partial charge in [-0.1, -0.05) is 12.1 Å². The number of nitrogens with two attached hydrogens (primary N) is 1. The molecule has 0 bridgehead atoms. The third-order valence-corrected chi connectivity index (χ3v) is 2.94. The molecule has 0 aromatic heterocycles. The normalized spacial score (nSPS) is 10.0. The highest BCUT2D eigenvalue weighted by atomic mass is 32.2. The fourth-order valence-corrected chi connectivity index (χ4v) is 1.91. The van der Waals surface area contributed by atoms with Crippen molar-refractivity contribution >= 4 is 17.7 Å². The van der Waals surface area contributed by atoms with Gasteiger partial charge in [0, 0.05) is 18.1 Å². The van der Waals surface area contributed by atoms with Crippen molar-refractivity contribution < 1.29 is 9.53 Å². The minimum atomic E-state index is -0.291. The highest BCUT2D eigenvalue weighted by molar-refractivity contribution is 7.98. The molecule has 0 aliphatic heterocycles. The second-order valence-electron chi connectivity index (χ2n) is 3.03. The van der Waals surface area contributed by atoms with Crippen molar-refractivity contribution in [2.24, 2.45) is 5.73 Å². The van der Waals surface area contributed by atoms with E-state index in [1.54, 1.807) is 17.8 Å². The van der Waals surface area contributed by atoms with E-state index in [1.165, 1.54) is 7.11 Å². The van der Waals surface area contributed by atoms with Crippen molar-refractivity contribution in [2.45, 2.75) is 5.75 Å². The second-order valence-corrected chi connectivity index (χ2v) is 4.14. The SMILES string of the molecule is COC(=O)c1cccc(CSCCN)c1. The molecule has 3 nitrogen and oxygen atoms in total. The lowest BCUT2D eigenvalue weighted by Gasteiger charge is -2.03. The molecule has 0 saturated heterocycles. The van der Waals surface area contributed by atoms with Crippen LogP contribution in [0.4, 0.5) is 0 Å². The third-order valence-electron chi connectivity index (χ3n) is 1.88. The monoisotopic (exact) mass is 225 g/mol. The molecule has 1 aromatic rings. The summed E-state index contributed by atoms with van der Waals surface area (Å²) in [6.07, 6.45) is 0. The average Bonchev–Trinajstić information content (AvgIpc) is 2.29. The lowest BCUT2D eigenvalue weighted by atomic mass is 10.1. The van der Waals surface area contributed by atoms with Gasteiger partial charge in [0.2, 0.25) is 0 Å². The van der Waals surface area contributed by atoms with Gasteiger partial charge < -0.3 is 10.5 Å². The second kappa shape index (κ2) is 6.48. The van der Waals surface area contributed by atoms with Gasteiger partial charge in [-0.3, -0.25) is 0 Å². The topological polar surface area (TPSA) is 52.3 Å². The molecule has 1 rings (SSSR count). The Balaban J connectivity index is 2.62. The van der Waals surface area contributed by atoms with Crippen molar-refractivity contribution in [1.82, 2.24) is 0 Å². The van der Waals surface area contributed by atoms with E-state index in [0.717, 1.165) is 17.1 Å². The Morgan fingerprint density at radius 2 is 2.33 bits per heavy atom. The molecule has 2 N–H and O–H groups in total. The fourth-order valence-electron chi connectivity index (χ4n) is 1.18. The van der Waals surface area contributed by atoms with E-state index < -0.39 is 0 Å². The first-order chi connectivity index (χ1) is 7.27. The molecule has 0 amide bonds. The first kappa shape index (κ1) is 12.1. The maximum Gasteiger partial charge on any atom is 0.337 e. The van der Waals surface area contributed by atoms with Gasteiger partial charge in [-0.25, -0.2) is 4.79 Å². The van der Waals surface area contributed by atoms with Crippen LogP contribution in [-0.4, -0.2) is 25.4 Å². The lowest BCUT2D eigenvalue weighted by Crippen LogP contribution is -2.03. The number of carbonyl (C=O) groups is 1. The molecule has 0 unspecified atom stereocenters. The van der Waals surface area contributed by atoms with Gasteiger partial charge in [-0.05, 0) is 17.7 Å². The molecule has 0 atom stereocenters. The summed E-state index contributed by atoms with van der Waals surface area (Å²) in [5.74, 6) is 1.52. The molecule has 82 valence electrons. The van der Waals surface area contributed by atoms with Crippen molar-refractivity contribution in [3.8, 4) is 0 Å². The first-order valence-electron chi connectivity index (χ1n) is 4.73. The Morgan fingerprint density at radius 1 is 1.53 bits per heavy atom. The largest absolute Gasteiger partial charge is 0.465 e. The maximum absolute atomic E-state index is 11.2. The van der Waals surface area contributed by atoms with Gasteiger partial charge in [0.1, 0.15) is 0 Å². The van der Waals surface area contributed by atoms with E-state index in [0.29, 0.717) is 12.1 Å². The maximum atomic E-state index is 11.2. The molecule has 0 fully saturated rings. The number of esters is 1. The van der Waals surface area contributed by atoms with E-state index in [-0.39, 0.29) is 5.97 Å². The summed E-state index contributed by atoms with van der Waals surface area (Å²) in [4.78, 5) is 11.2. The fraction of sp³-hybridized carbons (Fsp3) is 0.364. The molecule has 0 aliphatic carbocycles. The number of hydrogen-bond acceptors (Lipinski definition) is 4. The van der Waals surface area contributed by atoms with Gasteiger partial charge in [0.05, 0.1) is 12.7 Å². The summed E-state index contributed by atoms with van der Waals surface area (Å²) in [6, 6.07) is 7.47. The summed E-state index contributed by atoms with van der Waals surface area (Å²) < 4.78 is 4.65. The number of hydrogen-bond donors (Lipinski definition) is 1. The Kier molecular flexibility index (Phi) is 5.21. The number of carbonyl (C=O) groups excluding carboxylic acids is 1. The van der Waals surface area contributed by atoms with Crippen molar-refractivity contribution in [1.29, 1.82) is 0 Å². The average molecular weight is 225 g/mol. The zero-order valence-electron chi connectivity index (χ0n) is 8.73. The van der Waals surface area contributed by atoms with Crippen LogP contribution in [0.1, 0.15) is 15.9 Å². The first-order valence-corrected chi connectivity index (χ1v) is 5.88. The molecular weight excluding hydrogens is 210 g/mol. The third kappa shape index (κ3) is 3.93. The van der Waals surface area contributed by atoms with Crippen molar-refractivity contribution in [3.63, 3.8) is 0 Å². The van der Waals surface area contributed by atoms with Crippen LogP contribution >= 0.6 is 11.8 Å². The van der Waals surface area contributed by atoms with E-state index in [4.69, 9.17) is 5.73 Å². The van der Waals surface area contributed by atoms with E-state index in [9.17, 15) is 4.79 Å². The summed E-state index contributed by atoms with van der Waals surface area (Å²) in [7, 11) is 1.39. The van der Waals surface area contributed by atoms with E-state index >= 15 is 0 Å². The predicted octanol–water partition coefficient (Wildman–Crippen LogP) is 1.67. The van der Waals surface area contributed by atoms with Gasteiger partial charge in [-0.2, -0.15) is 11.8 Å². The van der Waals surface area contributed by atoms with Crippen LogP contribution in [0.15, 0.2) is 24.3 Å². The number of thioether (sulfide) groups is 1. The standard InChI is InChI=1S/C11H15NO2S/c1-14-11(13)10-4-2-3-9(7-10)8-15-6-5-12/h2-4,7H,5-6,8,12H2,1H3. The van der Waals surface area contributed by atoms with Gasteiger partial charge in [0.25, 0.3) is 0 Å². The summed E-state index contributed by atoms with van der Waals surface area (Å²) in [5, 5.41) is 0. The predicted molar refractivity (Wildman–Crippen MR) is 63.0 cm³/mol. The summed E-state index contributed by atoms with van der Waals surface area (Å²) in [6.45, 7) is 0.682. The molecule has 0 heterocycles. The smallest absolute Gasteiger partial charge is 0.337 e. The number of ether oxygens (including phenoxy) is 1. The number of benzene rings is 1. The van der Waals surface area contributed by atoms with Crippen LogP contribution in [0.2, 0.25) is 0 Å². The Morgan fingerprint density at radius 3 is 3.00 bits per heavy atom. The van der Waals surface area contributed by atoms with Crippen LogP contribution < -0.4 is 5.73 Å². The summed E-state index contributed by atoms with van der Waals surface area (Å²) >= 11 is 1.76. The van der Waals surface area contributed by atoms with Crippen LogP contribution in [0.3, 0.4) is 0 Å². The molecule has 15 heavy (non-hydrogen) atoms. The highest BCUT2D eigenvalue weighted by Crippen LogP contribution is 2.13. The highest BCUT2D eigenvalue weighted by Gasteiger charge is 2.04. The van der Waals surface area contributed by atoms with Crippen LogP contribution in [0.25, 0.3) is 0 Å². The quantitative estimate of drug-likeness (QED) is 0.611. The van der Waals surface area contributed by atoms with Gasteiger partial charge in [0.15, 0.2) is 0 Å². The van der Waals surface area contributed by atoms with E-state index in [1.807, 2.05) is 18.2 Å². The Hall–Kier alpha value is -1.00. The Bertz CT molecular complexity index is 328. The molecular formula is C11H15NO2S. The molecule has 4 heteroatoms. The zero-order valence-corrected chi connectivity index (χ0v) is 9.55. The Labute approximate surface area is 94.0 Å². The molecule has 0 spiro atoms. The molecule has 1 aromatic carbocycles. The van der Waals surface area contributed by atoms with Gasteiger partial charge in [-0.15, -0.1) is 0 Å². The van der Waals surface area contributed by atoms with Crippen LogP contribution in [0, 0.1) is 0 Å². The van der Waals surface area contributed by atoms with Crippen LogP contribution in [0.5, 0.6) is 0 Å². The lowest BCUT2D eigenvalue weighted by molar-refractivity contribution is 0.0600. The molecule has 0 aliphatic rings. The van der Waals surface area contributed by atoms with Crippen molar-refractivity contribution in [2.75, 3.05) is 19.4 Å². The summed E-state index contributed by atoms with van der Waals surface area (Å²) in [5.41, 5.74) is 7.12. The van der Waals surface area contributed by atoms with Crippen molar-refractivity contribution in [3.05, 3.63) is 35.4 Å². The molecule has 0 saturated carbocycles. The minimum absolute atomic E-state index is 0.291. The van der Waals surface area contributed by atoms with E-state index in [2.05, 4.69) is 4.74 Å². The number of methoxy groups -OCH3 is 1.